The molecular weight excluding hydrogens is 348 g/mol. The first-order chi connectivity index (χ1) is 12.5. The molecule has 2 aromatic rings. The Hall–Kier alpha value is -2.73. The Morgan fingerprint density at radius 3 is 2.31 bits per heavy atom. The van der Waals surface area contributed by atoms with Crippen LogP contribution in [0.1, 0.15) is 17.5 Å². The quantitative estimate of drug-likeness (QED) is 0.651. The second kappa shape index (κ2) is 8.10. The Morgan fingerprint density at radius 1 is 1.04 bits per heavy atom. The number of nitrogens with zero attached hydrogens (tertiary/aromatic N) is 1. The number of rotatable bonds is 5. The van der Waals surface area contributed by atoms with Crippen molar-refractivity contribution in [3.8, 4) is 0 Å². The highest BCUT2D eigenvalue weighted by atomic mass is 32.2. The molecule has 0 aliphatic carbocycles. The van der Waals surface area contributed by atoms with Crippen LogP contribution in [-0.2, 0) is 14.6 Å². The first-order valence-electron chi connectivity index (χ1n) is 8.40. The van der Waals surface area contributed by atoms with Crippen molar-refractivity contribution in [2.75, 3.05) is 11.5 Å². The van der Waals surface area contributed by atoms with Crippen LogP contribution in [0.5, 0.6) is 0 Å². The number of sulfone groups is 1. The molecule has 0 aromatic heterocycles. The third-order valence-electron chi connectivity index (χ3n) is 4.19. The summed E-state index contributed by atoms with van der Waals surface area (Å²) in [5.41, 5.74) is 5.01. The molecule has 0 radical (unpaired) electrons. The largest absolute Gasteiger partial charge is 0.273 e. The minimum Gasteiger partial charge on any atom is -0.273 e. The lowest BCUT2D eigenvalue weighted by Gasteiger charge is -2.07. The number of amides is 1. The number of hydrogen-bond donors (Lipinski definition) is 1. The second-order valence-corrected chi connectivity index (χ2v) is 8.41. The number of carbonyl (C=O) groups excluding carboxylic acids is 1. The first-order valence-corrected chi connectivity index (χ1v) is 10.2. The molecule has 6 heteroatoms. The maximum atomic E-state index is 12.2. The summed E-state index contributed by atoms with van der Waals surface area (Å²) in [7, 11) is -3.10. The molecule has 1 aliphatic rings. The van der Waals surface area contributed by atoms with E-state index in [1.807, 2.05) is 72.8 Å². The van der Waals surface area contributed by atoms with Crippen molar-refractivity contribution in [3.05, 3.63) is 77.9 Å². The fourth-order valence-corrected chi connectivity index (χ4v) is 4.50. The fraction of sp³-hybridized carbons (Fsp3) is 0.200. The lowest BCUT2D eigenvalue weighted by Crippen LogP contribution is -2.28. The Balaban J connectivity index is 1.78. The number of hydrazone groups is 1. The monoisotopic (exact) mass is 368 g/mol. The zero-order chi connectivity index (χ0) is 18.4. The van der Waals surface area contributed by atoms with Gasteiger partial charge in [0.25, 0.3) is 0 Å². The molecule has 0 bridgehead atoms. The van der Waals surface area contributed by atoms with Gasteiger partial charge in [-0.05, 0) is 18.1 Å². The third kappa shape index (κ3) is 4.89. The second-order valence-electron chi connectivity index (χ2n) is 6.18. The molecule has 1 amide bonds. The molecule has 1 atom stereocenters. The molecule has 0 spiro atoms. The molecule has 1 aliphatic heterocycles. The number of carbonyl (C=O) groups is 1. The van der Waals surface area contributed by atoms with Crippen LogP contribution in [0.2, 0.25) is 0 Å². The summed E-state index contributed by atoms with van der Waals surface area (Å²) in [5, 5.41) is 4.24. The van der Waals surface area contributed by atoms with Gasteiger partial charge in [-0.2, -0.15) is 5.10 Å². The first kappa shape index (κ1) is 18.1. The van der Waals surface area contributed by atoms with E-state index in [0.717, 1.165) is 11.1 Å². The van der Waals surface area contributed by atoms with E-state index in [2.05, 4.69) is 10.5 Å². The van der Waals surface area contributed by atoms with Crippen LogP contribution in [0.3, 0.4) is 0 Å². The summed E-state index contributed by atoms with van der Waals surface area (Å²) in [5.74, 6) is -0.921. The molecule has 5 nitrogen and oxygen atoms in total. The van der Waals surface area contributed by atoms with Gasteiger partial charge in [0.2, 0.25) is 5.91 Å². The minimum atomic E-state index is -3.10. The average molecular weight is 368 g/mol. The van der Waals surface area contributed by atoms with E-state index in [1.165, 1.54) is 0 Å². The molecule has 1 fully saturated rings. The van der Waals surface area contributed by atoms with Crippen molar-refractivity contribution in [2.45, 2.75) is 6.42 Å². The highest BCUT2D eigenvalue weighted by Gasteiger charge is 2.32. The van der Waals surface area contributed by atoms with Crippen LogP contribution < -0.4 is 5.43 Å². The van der Waals surface area contributed by atoms with Gasteiger partial charge in [0.1, 0.15) is 0 Å². The van der Waals surface area contributed by atoms with E-state index in [4.69, 9.17) is 0 Å². The van der Waals surface area contributed by atoms with E-state index < -0.39 is 15.8 Å². The molecule has 0 unspecified atom stereocenters. The van der Waals surface area contributed by atoms with E-state index in [-0.39, 0.29) is 17.4 Å². The van der Waals surface area contributed by atoms with Gasteiger partial charge in [0.15, 0.2) is 9.84 Å². The Kier molecular flexibility index (Phi) is 5.63. The van der Waals surface area contributed by atoms with Crippen LogP contribution in [0.15, 0.2) is 71.8 Å². The zero-order valence-corrected chi connectivity index (χ0v) is 15.0. The molecule has 2 aromatic carbocycles. The predicted molar refractivity (Wildman–Crippen MR) is 103 cm³/mol. The third-order valence-corrected chi connectivity index (χ3v) is 5.96. The average Bonchev–Trinajstić information content (AvgIpc) is 3.03. The Morgan fingerprint density at radius 2 is 1.69 bits per heavy atom. The van der Waals surface area contributed by atoms with E-state index >= 15 is 0 Å². The van der Waals surface area contributed by atoms with Gasteiger partial charge in [-0.15, -0.1) is 0 Å². The minimum absolute atomic E-state index is 0.0637. The summed E-state index contributed by atoms with van der Waals surface area (Å²) in [4.78, 5) is 12.2. The van der Waals surface area contributed by atoms with Gasteiger partial charge < -0.3 is 0 Å². The van der Waals surface area contributed by atoms with Crippen molar-refractivity contribution >= 4 is 27.5 Å². The Labute approximate surface area is 153 Å². The van der Waals surface area contributed by atoms with Gasteiger partial charge in [0, 0.05) is 5.56 Å². The molecule has 0 saturated carbocycles. The molecule has 1 saturated heterocycles. The Bertz CT molecular complexity index is 920. The summed E-state index contributed by atoms with van der Waals surface area (Å²) < 4.78 is 23.1. The number of hydrogen-bond acceptors (Lipinski definition) is 4. The van der Waals surface area contributed by atoms with Crippen molar-refractivity contribution in [2.24, 2.45) is 11.0 Å². The number of allylic oxidation sites excluding steroid dienone is 1. The van der Waals surface area contributed by atoms with Crippen molar-refractivity contribution in [1.82, 2.24) is 5.43 Å². The number of benzene rings is 2. The topological polar surface area (TPSA) is 75.6 Å². The van der Waals surface area contributed by atoms with Gasteiger partial charge in [-0.1, -0.05) is 66.7 Å². The SMILES string of the molecule is O=C(N/N=C(\C=C\c1ccccc1)c1ccccc1)[C@H]1CCS(=O)(=O)C1. The molecule has 26 heavy (non-hydrogen) atoms. The highest BCUT2D eigenvalue weighted by Crippen LogP contribution is 2.18. The zero-order valence-electron chi connectivity index (χ0n) is 14.2. The molecule has 3 rings (SSSR count). The molecule has 1 heterocycles. The van der Waals surface area contributed by atoms with Crippen molar-refractivity contribution in [1.29, 1.82) is 0 Å². The normalized spacial score (nSPS) is 19.5. The van der Waals surface area contributed by atoms with Crippen molar-refractivity contribution in [3.63, 3.8) is 0 Å². The summed E-state index contributed by atoms with van der Waals surface area (Å²) in [6.45, 7) is 0. The van der Waals surface area contributed by atoms with Crippen molar-refractivity contribution < 1.29 is 13.2 Å². The van der Waals surface area contributed by atoms with Crippen LogP contribution in [0.4, 0.5) is 0 Å². The molecular formula is C20H20N2O3S. The maximum absolute atomic E-state index is 12.2. The standard InChI is InChI=1S/C20H20N2O3S/c23-20(18-13-14-26(24,25)15-18)22-21-19(17-9-5-2-6-10-17)12-11-16-7-3-1-4-8-16/h1-12,18H,13-15H2,(H,22,23)/b12-11+,21-19+/t18-/m0/s1. The van der Waals surface area contributed by atoms with Crippen LogP contribution in [0, 0.1) is 5.92 Å². The van der Waals surface area contributed by atoms with Gasteiger partial charge >= 0.3 is 0 Å². The van der Waals surface area contributed by atoms with Crippen LogP contribution in [-0.4, -0.2) is 31.5 Å². The lowest BCUT2D eigenvalue weighted by molar-refractivity contribution is -0.124. The molecule has 1 N–H and O–H groups in total. The van der Waals surface area contributed by atoms with E-state index in [1.54, 1.807) is 0 Å². The highest BCUT2D eigenvalue weighted by molar-refractivity contribution is 7.91. The van der Waals surface area contributed by atoms with E-state index in [0.29, 0.717) is 12.1 Å². The number of nitrogens with one attached hydrogen (secondary N) is 1. The predicted octanol–water partition coefficient (Wildman–Crippen LogP) is 2.66. The lowest BCUT2D eigenvalue weighted by atomic mass is 10.1. The van der Waals surface area contributed by atoms with Gasteiger partial charge in [-0.25, -0.2) is 13.8 Å². The van der Waals surface area contributed by atoms with Crippen LogP contribution in [0.25, 0.3) is 6.08 Å². The maximum Gasteiger partial charge on any atom is 0.244 e. The smallest absolute Gasteiger partial charge is 0.244 e. The summed E-state index contributed by atoms with van der Waals surface area (Å²) in [6.07, 6.45) is 4.10. The summed E-state index contributed by atoms with van der Waals surface area (Å²) >= 11 is 0. The van der Waals surface area contributed by atoms with Crippen LogP contribution >= 0.6 is 0 Å². The summed E-state index contributed by atoms with van der Waals surface area (Å²) in [6, 6.07) is 19.3. The fourth-order valence-electron chi connectivity index (χ4n) is 2.75. The molecule has 134 valence electrons. The van der Waals surface area contributed by atoms with Gasteiger partial charge in [-0.3, -0.25) is 4.79 Å². The van der Waals surface area contributed by atoms with Gasteiger partial charge in [0.05, 0.1) is 23.1 Å². The van der Waals surface area contributed by atoms with E-state index in [9.17, 15) is 13.2 Å².